The largest absolute Gasteiger partial charge is 0.490 e. The predicted molar refractivity (Wildman–Crippen MR) is 117 cm³/mol. The van der Waals surface area contributed by atoms with Crippen LogP contribution in [0, 0.1) is 29.2 Å². The highest BCUT2D eigenvalue weighted by Gasteiger charge is 2.26. The number of benzene rings is 2. The van der Waals surface area contributed by atoms with E-state index >= 15 is 0 Å². The molecule has 0 amide bonds. The van der Waals surface area contributed by atoms with E-state index in [2.05, 4.69) is 6.58 Å². The van der Waals surface area contributed by atoms with Gasteiger partial charge in [-0.15, -0.1) is 6.58 Å². The number of aliphatic hydroxyl groups is 1. The lowest BCUT2D eigenvalue weighted by Crippen LogP contribution is -2.14. The highest BCUT2D eigenvalue weighted by molar-refractivity contribution is 5.51. The molecule has 0 saturated heterocycles. The Morgan fingerprint density at radius 1 is 1.00 bits per heavy atom. The zero-order chi connectivity index (χ0) is 23.3. The first-order valence-corrected chi connectivity index (χ1v) is 10.9. The Morgan fingerprint density at radius 3 is 2.38 bits per heavy atom. The van der Waals surface area contributed by atoms with E-state index in [0.717, 1.165) is 12.8 Å². The highest BCUT2D eigenvalue weighted by Crippen LogP contribution is 2.39. The van der Waals surface area contributed by atoms with Crippen LogP contribution in [0.15, 0.2) is 43.0 Å². The van der Waals surface area contributed by atoms with Crippen LogP contribution >= 0.6 is 0 Å². The van der Waals surface area contributed by atoms with Crippen LogP contribution in [0.25, 0.3) is 6.08 Å². The summed E-state index contributed by atoms with van der Waals surface area (Å²) in [6.45, 7) is 5.18. The van der Waals surface area contributed by atoms with Gasteiger partial charge < -0.3 is 9.84 Å². The van der Waals surface area contributed by atoms with E-state index in [1.165, 1.54) is 25.1 Å². The van der Waals surface area contributed by atoms with E-state index in [-0.39, 0.29) is 35.3 Å². The van der Waals surface area contributed by atoms with E-state index in [1.54, 1.807) is 18.2 Å². The van der Waals surface area contributed by atoms with Crippen LogP contribution < -0.4 is 4.74 Å². The topological polar surface area (TPSA) is 29.5 Å². The second-order valence-corrected chi connectivity index (χ2v) is 8.23. The van der Waals surface area contributed by atoms with Gasteiger partial charge in [-0.25, -0.2) is 13.2 Å². The van der Waals surface area contributed by atoms with Crippen molar-refractivity contribution in [2.75, 3.05) is 6.61 Å². The van der Waals surface area contributed by atoms with Gasteiger partial charge in [-0.1, -0.05) is 36.4 Å². The van der Waals surface area contributed by atoms with Gasteiger partial charge in [0.1, 0.15) is 0 Å². The molecule has 2 nitrogen and oxygen atoms in total. The molecule has 3 rings (SSSR count). The Bertz CT molecular complexity index is 976. The molecule has 1 atom stereocenters. The molecule has 0 heterocycles. The van der Waals surface area contributed by atoms with Crippen molar-refractivity contribution in [1.82, 2.24) is 0 Å². The molecule has 0 bridgehead atoms. The molecule has 0 aromatic heterocycles. The Kier molecular flexibility index (Phi) is 8.13. The SMILES string of the molecule is C=CCCOc1ccc(C2CCC(/C=C/c3ccc(C(C)O)c(F)c3F)CC2)c(F)c1F. The van der Waals surface area contributed by atoms with Crippen LogP contribution in [0.1, 0.15) is 67.7 Å². The number of ether oxygens (including phenoxy) is 1. The molecule has 1 unspecified atom stereocenters. The average Bonchev–Trinajstić information content (AvgIpc) is 2.78. The molecule has 1 aliphatic rings. The quantitative estimate of drug-likeness (QED) is 0.262. The number of hydrogen-bond donors (Lipinski definition) is 1. The van der Waals surface area contributed by atoms with Crippen molar-refractivity contribution >= 4 is 6.08 Å². The van der Waals surface area contributed by atoms with Gasteiger partial charge in [0.2, 0.25) is 5.82 Å². The molecule has 1 N–H and O–H groups in total. The molecule has 2 aromatic carbocycles. The second kappa shape index (κ2) is 10.8. The van der Waals surface area contributed by atoms with Crippen molar-refractivity contribution in [1.29, 1.82) is 0 Å². The molecule has 0 radical (unpaired) electrons. The molecule has 6 heteroatoms. The highest BCUT2D eigenvalue weighted by atomic mass is 19.2. The van der Waals surface area contributed by atoms with Gasteiger partial charge in [-0.05, 0) is 62.5 Å². The van der Waals surface area contributed by atoms with E-state index < -0.39 is 29.4 Å². The third-order valence-electron chi connectivity index (χ3n) is 6.01. The molecule has 1 saturated carbocycles. The summed E-state index contributed by atoms with van der Waals surface area (Å²) < 4.78 is 62.5. The van der Waals surface area contributed by atoms with Crippen LogP contribution in [0.3, 0.4) is 0 Å². The summed E-state index contributed by atoms with van der Waals surface area (Å²) in [5.41, 5.74) is 0.392. The Labute approximate surface area is 186 Å². The molecular weight excluding hydrogens is 420 g/mol. The van der Waals surface area contributed by atoms with E-state index in [0.29, 0.717) is 24.8 Å². The second-order valence-electron chi connectivity index (χ2n) is 8.23. The van der Waals surface area contributed by atoms with E-state index in [4.69, 9.17) is 4.74 Å². The van der Waals surface area contributed by atoms with Crippen molar-refractivity contribution in [3.05, 3.63) is 83.0 Å². The van der Waals surface area contributed by atoms with Gasteiger partial charge in [-0.2, -0.15) is 4.39 Å². The zero-order valence-electron chi connectivity index (χ0n) is 18.1. The number of rotatable bonds is 8. The van der Waals surface area contributed by atoms with Crippen LogP contribution in [0.5, 0.6) is 5.75 Å². The number of hydrogen-bond acceptors (Lipinski definition) is 2. The lowest BCUT2D eigenvalue weighted by Gasteiger charge is -2.27. The Hall–Kier alpha value is -2.60. The van der Waals surface area contributed by atoms with Crippen LogP contribution in [0.4, 0.5) is 17.6 Å². The molecule has 2 aromatic rings. The maximum atomic E-state index is 14.6. The average molecular weight is 449 g/mol. The Morgan fingerprint density at radius 2 is 1.72 bits per heavy atom. The normalized spacial score (nSPS) is 19.8. The first kappa shape index (κ1) is 24.1. The Balaban J connectivity index is 1.63. The third-order valence-corrected chi connectivity index (χ3v) is 6.01. The van der Waals surface area contributed by atoms with Crippen molar-refractivity contribution < 1.29 is 27.4 Å². The molecule has 32 heavy (non-hydrogen) atoms. The fraction of sp³-hybridized carbons (Fsp3) is 0.385. The summed E-state index contributed by atoms with van der Waals surface area (Å²) >= 11 is 0. The van der Waals surface area contributed by atoms with E-state index in [1.807, 2.05) is 6.08 Å². The van der Waals surface area contributed by atoms with Gasteiger partial charge in [0.05, 0.1) is 12.7 Å². The van der Waals surface area contributed by atoms with Crippen LogP contribution in [-0.4, -0.2) is 11.7 Å². The first-order chi connectivity index (χ1) is 15.3. The summed E-state index contributed by atoms with van der Waals surface area (Å²) in [4.78, 5) is 0. The van der Waals surface area contributed by atoms with Crippen LogP contribution in [-0.2, 0) is 0 Å². The lowest BCUT2D eigenvalue weighted by molar-refractivity contribution is 0.192. The van der Waals surface area contributed by atoms with Gasteiger partial charge in [0, 0.05) is 11.1 Å². The van der Waals surface area contributed by atoms with Gasteiger partial charge in [-0.3, -0.25) is 0 Å². The maximum absolute atomic E-state index is 14.6. The van der Waals surface area contributed by atoms with Crippen molar-refractivity contribution in [3.63, 3.8) is 0 Å². The monoisotopic (exact) mass is 448 g/mol. The molecule has 0 aliphatic heterocycles. The molecular formula is C26H28F4O2. The standard InChI is InChI=1S/C26H28F4O2/c1-3-4-15-32-22-14-13-21(25(29)26(22)30)18-8-5-17(6-9-18)7-10-19-11-12-20(16(2)31)24(28)23(19)27/h3,7,10-14,16-18,31H,1,4-6,8-9,15H2,2H3/b10-7+. The van der Waals surface area contributed by atoms with Crippen molar-refractivity contribution in [2.45, 2.75) is 51.0 Å². The number of allylic oxidation sites excluding steroid dienone is 1. The minimum Gasteiger partial charge on any atom is -0.490 e. The minimum atomic E-state index is -1.09. The number of aliphatic hydroxyl groups excluding tert-OH is 1. The summed E-state index contributed by atoms with van der Waals surface area (Å²) in [5.74, 6) is -3.92. The summed E-state index contributed by atoms with van der Waals surface area (Å²) in [6, 6.07) is 5.88. The predicted octanol–water partition coefficient (Wildman–Crippen LogP) is 7.24. The first-order valence-electron chi connectivity index (χ1n) is 10.9. The maximum Gasteiger partial charge on any atom is 0.200 e. The fourth-order valence-electron chi connectivity index (χ4n) is 4.12. The number of halogens is 4. The summed E-state index contributed by atoms with van der Waals surface area (Å²) in [6.07, 6.45) is 7.28. The lowest BCUT2D eigenvalue weighted by atomic mass is 9.78. The molecule has 1 aliphatic carbocycles. The molecule has 172 valence electrons. The van der Waals surface area contributed by atoms with Crippen molar-refractivity contribution in [2.24, 2.45) is 5.92 Å². The van der Waals surface area contributed by atoms with Gasteiger partial charge in [0.15, 0.2) is 23.2 Å². The third kappa shape index (κ3) is 5.41. The summed E-state index contributed by atoms with van der Waals surface area (Å²) in [7, 11) is 0. The van der Waals surface area contributed by atoms with Crippen LogP contribution in [0.2, 0.25) is 0 Å². The summed E-state index contributed by atoms with van der Waals surface area (Å²) in [5, 5.41) is 9.49. The smallest absolute Gasteiger partial charge is 0.200 e. The zero-order valence-corrected chi connectivity index (χ0v) is 18.1. The van der Waals surface area contributed by atoms with Gasteiger partial charge >= 0.3 is 0 Å². The fourth-order valence-corrected chi connectivity index (χ4v) is 4.12. The molecule has 1 fully saturated rings. The minimum absolute atomic E-state index is 0.0773. The van der Waals surface area contributed by atoms with Crippen molar-refractivity contribution in [3.8, 4) is 5.75 Å². The van der Waals surface area contributed by atoms with E-state index in [9.17, 15) is 22.7 Å². The van der Waals surface area contributed by atoms with Gasteiger partial charge in [0.25, 0.3) is 0 Å². The molecule has 0 spiro atoms.